The Morgan fingerprint density at radius 2 is 1.21 bits per heavy atom. The highest BCUT2D eigenvalue weighted by molar-refractivity contribution is 5.87. The Bertz CT molecular complexity index is 937. The van der Waals surface area contributed by atoms with Gasteiger partial charge in [0, 0.05) is 36.9 Å². The lowest BCUT2D eigenvalue weighted by molar-refractivity contribution is -0.139. The fourth-order valence-electron chi connectivity index (χ4n) is 9.50. The van der Waals surface area contributed by atoms with Crippen LogP contribution in [0.3, 0.4) is 0 Å². The Morgan fingerprint density at radius 1 is 0.688 bits per heavy atom. The summed E-state index contributed by atoms with van der Waals surface area (Å²) in [6, 6.07) is 0. The van der Waals surface area contributed by atoms with Crippen LogP contribution in [0.5, 0.6) is 0 Å². The summed E-state index contributed by atoms with van der Waals surface area (Å²) in [4.78, 5) is 24.2. The summed E-state index contributed by atoms with van der Waals surface area (Å²) in [5.41, 5.74) is 0.839. The molecule has 5 unspecified atom stereocenters. The lowest BCUT2D eigenvalue weighted by atomic mass is 9.58. The van der Waals surface area contributed by atoms with Gasteiger partial charge in [0.2, 0.25) is 0 Å². The van der Waals surface area contributed by atoms with Crippen LogP contribution in [0.4, 0.5) is 0 Å². The summed E-state index contributed by atoms with van der Waals surface area (Å²) in [5, 5.41) is 19.3. The van der Waals surface area contributed by atoms with E-state index in [1.807, 2.05) is 0 Å². The van der Waals surface area contributed by atoms with E-state index in [0.717, 1.165) is 68.1 Å². The largest absolute Gasteiger partial charge is 0.462 e. The number of rotatable bonds is 20. The SMILES string of the molecule is C=C(C)C(=O)OCCCC1CC(C2CCC(C3CCC(CC)CC3)CC2CC)CC(CCCOC(=O)C(=C)C)C1OCCC(CO)CO. The highest BCUT2D eigenvalue weighted by Gasteiger charge is 2.44. The number of aliphatic hydroxyl groups is 2. The normalized spacial score (nSPS) is 30.9. The molecule has 0 aliphatic heterocycles. The lowest BCUT2D eigenvalue weighted by Crippen LogP contribution is -2.44. The summed E-state index contributed by atoms with van der Waals surface area (Å²) in [6.07, 6.45) is 18.6. The van der Waals surface area contributed by atoms with Gasteiger partial charge < -0.3 is 24.4 Å². The monoisotopic (exact) mass is 675 g/mol. The summed E-state index contributed by atoms with van der Waals surface area (Å²) in [5.74, 6) is 4.65. The summed E-state index contributed by atoms with van der Waals surface area (Å²) in [7, 11) is 0. The van der Waals surface area contributed by atoms with Crippen molar-refractivity contribution in [1.29, 1.82) is 0 Å². The second-order valence-electron chi connectivity index (χ2n) is 15.8. The van der Waals surface area contributed by atoms with E-state index in [0.29, 0.717) is 55.1 Å². The van der Waals surface area contributed by atoms with Crippen LogP contribution in [0.25, 0.3) is 0 Å². The van der Waals surface area contributed by atoms with E-state index in [1.165, 1.54) is 57.8 Å². The molecule has 5 atom stereocenters. The molecular formula is C41H70O7. The smallest absolute Gasteiger partial charge is 0.333 e. The Hall–Kier alpha value is -1.70. The van der Waals surface area contributed by atoms with Crippen molar-refractivity contribution in [2.75, 3.05) is 33.0 Å². The quantitative estimate of drug-likeness (QED) is 0.0759. The minimum atomic E-state index is -0.337. The maximum Gasteiger partial charge on any atom is 0.333 e. The second-order valence-corrected chi connectivity index (χ2v) is 15.8. The van der Waals surface area contributed by atoms with Crippen molar-refractivity contribution >= 4 is 11.9 Å². The van der Waals surface area contributed by atoms with E-state index >= 15 is 0 Å². The summed E-state index contributed by atoms with van der Waals surface area (Å²) in [6.45, 7) is 16.7. The van der Waals surface area contributed by atoms with Crippen molar-refractivity contribution < 1.29 is 34.0 Å². The zero-order valence-corrected chi connectivity index (χ0v) is 31.0. The van der Waals surface area contributed by atoms with Crippen molar-refractivity contribution in [3.63, 3.8) is 0 Å². The van der Waals surface area contributed by atoms with Gasteiger partial charge in [-0.05, 0) is 138 Å². The van der Waals surface area contributed by atoms with E-state index in [9.17, 15) is 19.8 Å². The average Bonchev–Trinajstić information content (AvgIpc) is 3.10. The fourth-order valence-corrected chi connectivity index (χ4v) is 9.50. The van der Waals surface area contributed by atoms with Crippen molar-refractivity contribution in [3.05, 3.63) is 24.3 Å². The summed E-state index contributed by atoms with van der Waals surface area (Å²) >= 11 is 0. The second kappa shape index (κ2) is 21.5. The number of carbonyl (C=O) groups is 2. The van der Waals surface area contributed by atoms with Gasteiger partial charge in [-0.15, -0.1) is 0 Å². The molecule has 276 valence electrons. The van der Waals surface area contributed by atoms with Gasteiger partial charge in [0.05, 0.1) is 19.3 Å². The zero-order valence-electron chi connectivity index (χ0n) is 31.0. The van der Waals surface area contributed by atoms with E-state index in [-0.39, 0.29) is 37.2 Å². The molecule has 3 aliphatic rings. The standard InChI is InChI=1S/C41H70O7/c1-7-30-13-15-33(16-14-30)34-17-18-38(32(8-2)23-34)37-24-35(11-9-20-47-40(44)28(3)4)39(46-22-19-31(26-42)27-43)36(25-37)12-10-21-48-41(45)29(5)6/h30-39,42-43H,3,5,7-27H2,1-2,4,6H3. The van der Waals surface area contributed by atoms with Crippen molar-refractivity contribution in [2.45, 2.75) is 137 Å². The lowest BCUT2D eigenvalue weighted by Gasteiger charge is -2.49. The first-order chi connectivity index (χ1) is 23.1. The minimum absolute atomic E-state index is 0.0399. The number of ether oxygens (including phenoxy) is 3. The Labute approximate surface area is 292 Å². The molecule has 0 aromatic carbocycles. The third-order valence-electron chi connectivity index (χ3n) is 12.4. The third kappa shape index (κ3) is 12.6. The van der Waals surface area contributed by atoms with Crippen molar-refractivity contribution in [1.82, 2.24) is 0 Å². The van der Waals surface area contributed by atoms with Gasteiger partial charge >= 0.3 is 11.9 Å². The van der Waals surface area contributed by atoms with Gasteiger partial charge in [0.1, 0.15) is 0 Å². The third-order valence-corrected chi connectivity index (χ3v) is 12.4. The topological polar surface area (TPSA) is 102 Å². The molecule has 0 radical (unpaired) electrons. The first kappa shape index (κ1) is 40.7. The first-order valence-electron chi connectivity index (χ1n) is 19.6. The van der Waals surface area contributed by atoms with Gasteiger partial charge in [-0.2, -0.15) is 0 Å². The highest BCUT2D eigenvalue weighted by Crippen LogP contribution is 2.52. The maximum absolute atomic E-state index is 12.1. The Morgan fingerprint density at radius 3 is 1.69 bits per heavy atom. The Balaban J connectivity index is 1.75. The van der Waals surface area contributed by atoms with Crippen LogP contribution < -0.4 is 0 Å². The highest BCUT2D eigenvalue weighted by atomic mass is 16.5. The van der Waals surface area contributed by atoms with E-state index < -0.39 is 0 Å². The van der Waals surface area contributed by atoms with Gasteiger partial charge in [0.15, 0.2) is 0 Å². The van der Waals surface area contributed by atoms with E-state index in [4.69, 9.17) is 14.2 Å². The van der Waals surface area contributed by atoms with Crippen LogP contribution >= 0.6 is 0 Å². The molecule has 3 saturated carbocycles. The van der Waals surface area contributed by atoms with Crippen LogP contribution in [0.2, 0.25) is 0 Å². The molecular weight excluding hydrogens is 604 g/mol. The van der Waals surface area contributed by atoms with Gasteiger partial charge in [-0.25, -0.2) is 9.59 Å². The van der Waals surface area contributed by atoms with Crippen LogP contribution in [0, 0.1) is 53.3 Å². The van der Waals surface area contributed by atoms with E-state index in [2.05, 4.69) is 27.0 Å². The predicted octanol–water partition coefficient (Wildman–Crippen LogP) is 8.46. The molecule has 3 fully saturated rings. The fraction of sp³-hybridized carbons (Fsp3) is 0.854. The average molecular weight is 675 g/mol. The molecule has 48 heavy (non-hydrogen) atoms. The number of esters is 2. The molecule has 7 heteroatoms. The zero-order chi connectivity index (χ0) is 35.1. The summed E-state index contributed by atoms with van der Waals surface area (Å²) < 4.78 is 17.7. The number of aliphatic hydroxyl groups excluding tert-OH is 2. The molecule has 0 bridgehead atoms. The number of hydrogen-bond donors (Lipinski definition) is 2. The van der Waals surface area contributed by atoms with Crippen LogP contribution in [0.15, 0.2) is 24.3 Å². The van der Waals surface area contributed by atoms with Crippen molar-refractivity contribution in [3.8, 4) is 0 Å². The van der Waals surface area contributed by atoms with E-state index in [1.54, 1.807) is 13.8 Å². The predicted molar refractivity (Wildman–Crippen MR) is 192 cm³/mol. The molecule has 0 heterocycles. The number of hydrogen-bond acceptors (Lipinski definition) is 7. The number of carbonyl (C=O) groups excluding carboxylic acids is 2. The van der Waals surface area contributed by atoms with Crippen molar-refractivity contribution in [2.24, 2.45) is 53.3 Å². The van der Waals surface area contributed by atoms with Gasteiger partial charge in [-0.3, -0.25) is 0 Å². The van der Waals surface area contributed by atoms with Crippen LogP contribution in [-0.2, 0) is 23.8 Å². The molecule has 3 aliphatic carbocycles. The molecule has 0 aromatic rings. The molecule has 0 saturated heterocycles. The first-order valence-corrected chi connectivity index (χ1v) is 19.6. The molecule has 0 aromatic heterocycles. The minimum Gasteiger partial charge on any atom is -0.462 e. The molecule has 3 rings (SSSR count). The molecule has 7 nitrogen and oxygen atoms in total. The van der Waals surface area contributed by atoms with Gasteiger partial charge in [0.25, 0.3) is 0 Å². The maximum atomic E-state index is 12.1. The van der Waals surface area contributed by atoms with Crippen LogP contribution in [0.1, 0.15) is 130 Å². The molecule has 0 amide bonds. The van der Waals surface area contributed by atoms with Crippen LogP contribution in [-0.4, -0.2) is 61.3 Å². The molecule has 0 spiro atoms. The van der Waals surface area contributed by atoms with Gasteiger partial charge in [-0.1, -0.05) is 52.7 Å². The Kier molecular flexibility index (Phi) is 18.2. The molecule has 2 N–H and O–H groups in total.